The number of halogens is 3. The summed E-state index contributed by atoms with van der Waals surface area (Å²) in [5, 5.41) is 8.89. The Hall–Kier alpha value is -0.900. The molecule has 0 heterocycles. The van der Waals surface area contributed by atoms with Crippen LogP contribution >= 0.6 is 34.8 Å². The fourth-order valence-electron chi connectivity index (χ4n) is 1.04. The number of carboxylic acid groups (broad SMARTS) is 1. The number of aliphatic carboxylic acids is 1. The molecule has 0 bridgehead atoms. The van der Waals surface area contributed by atoms with E-state index in [1.165, 1.54) is 0 Å². The fraction of sp³-hybridized carbons (Fsp3) is 0.182. The molecule has 1 aromatic rings. The number of allylic oxidation sites excluding steroid dienone is 1. The molecular weight excluding hydrogens is 286 g/mol. The van der Waals surface area contributed by atoms with E-state index in [1.54, 1.807) is 24.3 Å². The SMILES string of the molecule is O=C(O)C(=CC(Cl)(Cl)Cl)COc1ccccc1. The molecule has 3 nitrogen and oxygen atoms in total. The number of benzene rings is 1. The van der Waals surface area contributed by atoms with E-state index in [-0.39, 0.29) is 12.2 Å². The topological polar surface area (TPSA) is 46.5 Å². The molecule has 0 spiro atoms. The molecule has 0 aliphatic heterocycles. The molecule has 0 aromatic heterocycles. The molecule has 0 amide bonds. The van der Waals surface area contributed by atoms with E-state index in [9.17, 15) is 4.79 Å². The molecule has 1 rings (SSSR count). The Kier molecular flexibility index (Phi) is 5.12. The van der Waals surface area contributed by atoms with Gasteiger partial charge in [-0.2, -0.15) is 0 Å². The molecule has 0 fully saturated rings. The van der Waals surface area contributed by atoms with Gasteiger partial charge in [0.1, 0.15) is 12.4 Å². The Morgan fingerprint density at radius 1 is 1.29 bits per heavy atom. The van der Waals surface area contributed by atoms with Crippen LogP contribution in [0.1, 0.15) is 0 Å². The van der Waals surface area contributed by atoms with Crippen molar-refractivity contribution >= 4 is 40.8 Å². The van der Waals surface area contributed by atoms with Crippen LogP contribution in [0, 0.1) is 0 Å². The summed E-state index contributed by atoms with van der Waals surface area (Å²) in [4.78, 5) is 10.9. The zero-order chi connectivity index (χ0) is 12.9. The minimum atomic E-state index is -1.76. The van der Waals surface area contributed by atoms with E-state index in [1.807, 2.05) is 6.07 Å². The van der Waals surface area contributed by atoms with Crippen molar-refractivity contribution in [3.63, 3.8) is 0 Å². The highest BCUT2D eigenvalue weighted by atomic mass is 35.6. The van der Waals surface area contributed by atoms with Gasteiger partial charge in [0.15, 0.2) is 0 Å². The lowest BCUT2D eigenvalue weighted by molar-refractivity contribution is -0.133. The van der Waals surface area contributed by atoms with Gasteiger partial charge >= 0.3 is 5.97 Å². The van der Waals surface area contributed by atoms with Crippen molar-refractivity contribution in [2.75, 3.05) is 6.61 Å². The van der Waals surface area contributed by atoms with E-state index < -0.39 is 9.76 Å². The summed E-state index contributed by atoms with van der Waals surface area (Å²) < 4.78 is 3.49. The summed E-state index contributed by atoms with van der Waals surface area (Å²) >= 11 is 16.5. The number of alkyl halides is 3. The van der Waals surface area contributed by atoms with Crippen LogP contribution in [0.5, 0.6) is 5.75 Å². The molecule has 0 unspecified atom stereocenters. The third-order valence-corrected chi connectivity index (χ3v) is 2.08. The second-order valence-electron chi connectivity index (χ2n) is 3.12. The molecule has 17 heavy (non-hydrogen) atoms. The number of carboxylic acids is 1. The van der Waals surface area contributed by atoms with E-state index >= 15 is 0 Å². The van der Waals surface area contributed by atoms with Crippen molar-refractivity contribution < 1.29 is 14.6 Å². The van der Waals surface area contributed by atoms with Crippen molar-refractivity contribution in [1.29, 1.82) is 0 Å². The molecule has 1 aromatic carbocycles. The van der Waals surface area contributed by atoms with Gasteiger partial charge in [0.2, 0.25) is 3.79 Å². The average molecular weight is 296 g/mol. The van der Waals surface area contributed by atoms with Crippen molar-refractivity contribution in [3.8, 4) is 5.75 Å². The van der Waals surface area contributed by atoms with Crippen molar-refractivity contribution in [2.45, 2.75) is 3.79 Å². The van der Waals surface area contributed by atoms with E-state index in [0.29, 0.717) is 5.75 Å². The van der Waals surface area contributed by atoms with Crippen LogP contribution in [0.4, 0.5) is 0 Å². The van der Waals surface area contributed by atoms with Crippen LogP contribution in [0.25, 0.3) is 0 Å². The van der Waals surface area contributed by atoms with Gasteiger partial charge < -0.3 is 9.84 Å². The van der Waals surface area contributed by atoms with Gasteiger partial charge in [-0.3, -0.25) is 0 Å². The first-order valence-corrected chi connectivity index (χ1v) is 5.71. The molecular formula is C11H9Cl3O3. The third-order valence-electron chi connectivity index (χ3n) is 1.75. The summed E-state index contributed by atoms with van der Waals surface area (Å²) in [6.45, 7) is -0.173. The fourth-order valence-corrected chi connectivity index (χ4v) is 1.44. The summed E-state index contributed by atoms with van der Waals surface area (Å²) in [7, 11) is 0. The number of hydrogen-bond acceptors (Lipinski definition) is 2. The lowest BCUT2D eigenvalue weighted by atomic mass is 10.2. The monoisotopic (exact) mass is 294 g/mol. The first kappa shape index (κ1) is 14.2. The van der Waals surface area contributed by atoms with Crippen molar-refractivity contribution in [1.82, 2.24) is 0 Å². The predicted molar refractivity (Wildman–Crippen MR) is 67.9 cm³/mol. The predicted octanol–water partition coefficient (Wildman–Crippen LogP) is 3.45. The molecule has 0 aliphatic carbocycles. The summed E-state index contributed by atoms with van der Waals surface area (Å²) in [6.07, 6.45) is 1.02. The quantitative estimate of drug-likeness (QED) is 0.683. The smallest absolute Gasteiger partial charge is 0.334 e. The molecule has 1 N–H and O–H groups in total. The summed E-state index contributed by atoms with van der Waals surface area (Å²) in [6, 6.07) is 8.77. The van der Waals surface area contributed by atoms with E-state index in [0.717, 1.165) is 6.08 Å². The van der Waals surface area contributed by atoms with Gasteiger partial charge in [-0.1, -0.05) is 53.0 Å². The molecule has 92 valence electrons. The standard InChI is InChI=1S/C11H9Cl3O3/c12-11(13,14)6-8(10(15)16)7-17-9-4-2-1-3-5-9/h1-6H,7H2,(H,15,16). The van der Waals surface area contributed by atoms with Crippen LogP contribution in [-0.4, -0.2) is 21.5 Å². The van der Waals surface area contributed by atoms with Crippen LogP contribution < -0.4 is 4.74 Å². The van der Waals surface area contributed by atoms with Crippen LogP contribution in [-0.2, 0) is 4.79 Å². The van der Waals surface area contributed by atoms with Gasteiger partial charge in [0.05, 0.1) is 5.57 Å². The van der Waals surface area contributed by atoms with Crippen molar-refractivity contribution in [2.24, 2.45) is 0 Å². The van der Waals surface area contributed by atoms with E-state index in [2.05, 4.69) is 0 Å². The molecule has 6 heteroatoms. The normalized spacial score (nSPS) is 12.3. The third kappa shape index (κ3) is 5.82. The maximum absolute atomic E-state index is 10.9. The summed E-state index contributed by atoms with van der Waals surface area (Å²) in [5.74, 6) is -0.642. The minimum Gasteiger partial charge on any atom is -0.489 e. The lowest BCUT2D eigenvalue weighted by Crippen LogP contribution is -2.13. The number of para-hydroxylation sites is 1. The van der Waals surface area contributed by atoms with Crippen molar-refractivity contribution in [3.05, 3.63) is 42.0 Å². The largest absolute Gasteiger partial charge is 0.489 e. The Morgan fingerprint density at radius 2 is 1.88 bits per heavy atom. The van der Waals surface area contributed by atoms with Gasteiger partial charge in [-0.15, -0.1) is 0 Å². The lowest BCUT2D eigenvalue weighted by Gasteiger charge is -2.09. The average Bonchev–Trinajstić information content (AvgIpc) is 2.24. The summed E-state index contributed by atoms with van der Waals surface area (Å²) in [5.41, 5.74) is -0.117. The van der Waals surface area contributed by atoms with Crippen LogP contribution in [0.2, 0.25) is 0 Å². The molecule has 0 atom stereocenters. The highest BCUT2D eigenvalue weighted by Gasteiger charge is 2.20. The maximum Gasteiger partial charge on any atom is 0.334 e. The maximum atomic E-state index is 10.9. The Morgan fingerprint density at radius 3 is 2.35 bits per heavy atom. The zero-order valence-electron chi connectivity index (χ0n) is 8.57. The number of hydrogen-bond donors (Lipinski definition) is 1. The van der Waals surface area contributed by atoms with Gasteiger partial charge in [-0.05, 0) is 18.2 Å². The van der Waals surface area contributed by atoms with Crippen LogP contribution in [0.15, 0.2) is 42.0 Å². The molecule has 0 saturated heterocycles. The number of carbonyl (C=O) groups is 1. The number of ether oxygens (including phenoxy) is 1. The number of rotatable bonds is 4. The molecule has 0 aliphatic rings. The Balaban J connectivity index is 2.70. The van der Waals surface area contributed by atoms with Gasteiger partial charge in [0, 0.05) is 0 Å². The highest BCUT2D eigenvalue weighted by molar-refractivity contribution is 6.69. The Labute approximate surface area is 114 Å². The molecule has 0 saturated carbocycles. The first-order valence-electron chi connectivity index (χ1n) is 4.58. The van der Waals surface area contributed by atoms with Gasteiger partial charge in [0.25, 0.3) is 0 Å². The molecule has 0 radical (unpaired) electrons. The first-order chi connectivity index (χ1) is 7.88. The second-order valence-corrected chi connectivity index (χ2v) is 5.49. The second kappa shape index (κ2) is 6.15. The Bertz CT molecular complexity index is 410. The highest BCUT2D eigenvalue weighted by Crippen LogP contribution is 2.29. The zero-order valence-corrected chi connectivity index (χ0v) is 10.8. The van der Waals surface area contributed by atoms with E-state index in [4.69, 9.17) is 44.6 Å². The van der Waals surface area contributed by atoms with Crippen LogP contribution in [0.3, 0.4) is 0 Å². The van der Waals surface area contributed by atoms with Gasteiger partial charge in [-0.25, -0.2) is 4.79 Å². The minimum absolute atomic E-state index is 0.117.